The Balaban J connectivity index is 2.21. The number of pyridine rings is 2. The lowest BCUT2D eigenvalue weighted by Crippen LogP contribution is -2.13. The summed E-state index contributed by atoms with van der Waals surface area (Å²) in [6.07, 6.45) is 3.74. The summed E-state index contributed by atoms with van der Waals surface area (Å²) in [5.41, 5.74) is 7.73. The molecule has 1 aromatic carbocycles. The second-order valence-electron chi connectivity index (χ2n) is 5.69. The summed E-state index contributed by atoms with van der Waals surface area (Å²) in [6, 6.07) is 12.0. The van der Waals surface area contributed by atoms with Crippen molar-refractivity contribution in [3.63, 3.8) is 0 Å². The molecule has 2 N–H and O–H groups in total. The monoisotopic (exact) mass is 352 g/mol. The summed E-state index contributed by atoms with van der Waals surface area (Å²) in [5.74, 6) is 0.412. The molecule has 0 bridgehead atoms. The summed E-state index contributed by atoms with van der Waals surface area (Å²) in [7, 11) is -3.81. The van der Waals surface area contributed by atoms with Crippen molar-refractivity contribution in [2.75, 3.05) is 5.73 Å². The van der Waals surface area contributed by atoms with Crippen molar-refractivity contribution in [3.8, 4) is 0 Å². The fraction of sp³-hybridized carbons (Fsp3) is 0.111. The Morgan fingerprint density at radius 2 is 1.84 bits per heavy atom. The highest BCUT2D eigenvalue weighted by atomic mass is 32.2. The Morgan fingerprint density at radius 3 is 2.56 bits per heavy atom. The number of aryl methyl sites for hydroxylation is 1. The number of nitrogens with two attached hydrogens (primary N) is 1. The van der Waals surface area contributed by atoms with Crippen LogP contribution in [0.5, 0.6) is 0 Å². The van der Waals surface area contributed by atoms with Crippen LogP contribution < -0.4 is 5.73 Å². The molecule has 0 fully saturated rings. The van der Waals surface area contributed by atoms with Crippen LogP contribution in [0, 0.1) is 0 Å². The Morgan fingerprint density at radius 1 is 1.08 bits per heavy atom. The summed E-state index contributed by atoms with van der Waals surface area (Å²) < 4.78 is 27.8. The van der Waals surface area contributed by atoms with Gasteiger partial charge in [0, 0.05) is 22.5 Å². The van der Waals surface area contributed by atoms with Crippen molar-refractivity contribution >= 4 is 37.8 Å². The summed E-state index contributed by atoms with van der Waals surface area (Å²) in [4.78, 5) is 8.74. The first-order valence-corrected chi connectivity index (χ1v) is 9.32. The van der Waals surface area contributed by atoms with E-state index >= 15 is 0 Å². The van der Waals surface area contributed by atoms with Gasteiger partial charge in [0.05, 0.1) is 16.6 Å². The van der Waals surface area contributed by atoms with Gasteiger partial charge < -0.3 is 5.73 Å². The molecule has 126 valence electrons. The highest BCUT2D eigenvalue weighted by molar-refractivity contribution is 7.90. The molecule has 0 aliphatic carbocycles. The molecule has 3 aromatic heterocycles. The minimum Gasteiger partial charge on any atom is -0.383 e. The number of nitrogen functional groups attached to an aromatic ring is 1. The molecule has 7 heteroatoms. The van der Waals surface area contributed by atoms with E-state index in [-0.39, 0.29) is 4.90 Å². The molecule has 0 saturated carbocycles. The van der Waals surface area contributed by atoms with Gasteiger partial charge in [-0.3, -0.25) is 0 Å². The summed E-state index contributed by atoms with van der Waals surface area (Å²) in [5, 5.41) is 1.54. The van der Waals surface area contributed by atoms with Gasteiger partial charge in [-0.2, -0.15) is 0 Å². The first-order valence-electron chi connectivity index (χ1n) is 7.88. The standard InChI is InChI=1S/C18H16N4O2S/c1-2-13-16-14-9-6-10-20-18(14)22(15(16)11-21-17(13)19)25(23,24)12-7-4-3-5-8-12/h3-11H,2H2,1H3,(H2,19,21). The molecular formula is C18H16N4O2S. The number of hydrogen-bond acceptors (Lipinski definition) is 5. The van der Waals surface area contributed by atoms with E-state index in [1.165, 1.54) is 10.2 Å². The van der Waals surface area contributed by atoms with Crippen molar-refractivity contribution in [1.82, 2.24) is 13.9 Å². The highest BCUT2D eigenvalue weighted by Crippen LogP contribution is 2.34. The summed E-state index contributed by atoms with van der Waals surface area (Å²) >= 11 is 0. The van der Waals surface area contributed by atoms with Gasteiger partial charge in [-0.15, -0.1) is 0 Å². The van der Waals surface area contributed by atoms with Gasteiger partial charge in [0.2, 0.25) is 0 Å². The van der Waals surface area contributed by atoms with Crippen LogP contribution in [0.4, 0.5) is 5.82 Å². The summed E-state index contributed by atoms with van der Waals surface area (Å²) in [6.45, 7) is 1.97. The van der Waals surface area contributed by atoms with Crippen molar-refractivity contribution in [1.29, 1.82) is 0 Å². The maximum atomic E-state index is 13.3. The molecular weight excluding hydrogens is 336 g/mol. The lowest BCUT2D eigenvalue weighted by molar-refractivity contribution is 0.590. The average Bonchev–Trinajstić information content (AvgIpc) is 2.98. The van der Waals surface area contributed by atoms with Crippen LogP contribution >= 0.6 is 0 Å². The van der Waals surface area contributed by atoms with E-state index in [0.717, 1.165) is 16.3 Å². The van der Waals surface area contributed by atoms with Crippen LogP contribution in [0.15, 0.2) is 59.8 Å². The van der Waals surface area contributed by atoms with Crippen molar-refractivity contribution in [2.45, 2.75) is 18.2 Å². The Hall–Kier alpha value is -2.93. The average molecular weight is 352 g/mol. The van der Waals surface area contributed by atoms with Crippen LogP contribution in [0.1, 0.15) is 12.5 Å². The third kappa shape index (κ3) is 2.20. The molecule has 0 aliphatic rings. The normalized spacial score (nSPS) is 12.0. The zero-order chi connectivity index (χ0) is 17.6. The quantitative estimate of drug-likeness (QED) is 0.612. The number of aromatic nitrogens is 3. The van der Waals surface area contributed by atoms with Crippen LogP contribution in [0.25, 0.3) is 21.9 Å². The second kappa shape index (κ2) is 5.56. The molecule has 6 nitrogen and oxygen atoms in total. The van der Waals surface area contributed by atoms with Crippen molar-refractivity contribution in [2.24, 2.45) is 0 Å². The van der Waals surface area contributed by atoms with E-state index in [2.05, 4.69) is 9.97 Å². The molecule has 25 heavy (non-hydrogen) atoms. The zero-order valence-electron chi connectivity index (χ0n) is 13.5. The molecule has 0 radical (unpaired) electrons. The number of nitrogens with zero attached hydrogens (tertiary/aromatic N) is 3. The van der Waals surface area contributed by atoms with Crippen molar-refractivity contribution in [3.05, 3.63) is 60.4 Å². The lowest BCUT2D eigenvalue weighted by atomic mass is 10.1. The van der Waals surface area contributed by atoms with Crippen LogP contribution in [-0.2, 0) is 16.4 Å². The maximum absolute atomic E-state index is 13.3. The van der Waals surface area contributed by atoms with Gasteiger partial charge in [-0.05, 0) is 30.7 Å². The fourth-order valence-corrected chi connectivity index (χ4v) is 4.66. The number of hydrogen-bond donors (Lipinski definition) is 1. The van der Waals surface area contributed by atoms with E-state index in [4.69, 9.17) is 5.73 Å². The van der Waals surface area contributed by atoms with E-state index in [1.807, 2.05) is 13.0 Å². The first kappa shape index (κ1) is 15.6. The largest absolute Gasteiger partial charge is 0.383 e. The molecule has 0 unspecified atom stereocenters. The van der Waals surface area contributed by atoms with E-state index in [9.17, 15) is 8.42 Å². The lowest BCUT2D eigenvalue weighted by Gasteiger charge is -2.09. The third-order valence-electron chi connectivity index (χ3n) is 4.30. The SMILES string of the molecule is CCc1c(N)ncc2c1c1cccnc1n2S(=O)(=O)c1ccccc1. The second-order valence-corrected chi connectivity index (χ2v) is 7.48. The molecule has 4 aromatic rings. The highest BCUT2D eigenvalue weighted by Gasteiger charge is 2.25. The minimum atomic E-state index is -3.81. The first-order chi connectivity index (χ1) is 12.1. The topological polar surface area (TPSA) is 90.9 Å². The maximum Gasteiger partial charge on any atom is 0.269 e. The van der Waals surface area contributed by atoms with Crippen molar-refractivity contribution < 1.29 is 8.42 Å². The van der Waals surface area contributed by atoms with Gasteiger partial charge in [-0.25, -0.2) is 22.4 Å². The van der Waals surface area contributed by atoms with Crippen LogP contribution in [0.3, 0.4) is 0 Å². The van der Waals surface area contributed by atoms with Gasteiger partial charge in [0.1, 0.15) is 5.82 Å². The smallest absolute Gasteiger partial charge is 0.269 e. The predicted octanol–water partition coefficient (Wildman–Crippen LogP) is 2.97. The van der Waals surface area contributed by atoms with Crippen LogP contribution in [0.2, 0.25) is 0 Å². The zero-order valence-corrected chi connectivity index (χ0v) is 14.4. The molecule has 0 spiro atoms. The minimum absolute atomic E-state index is 0.203. The number of benzene rings is 1. The van der Waals surface area contributed by atoms with Crippen LogP contribution in [-0.4, -0.2) is 22.4 Å². The van der Waals surface area contributed by atoms with Gasteiger partial charge in [0.25, 0.3) is 10.0 Å². The Labute approximate surface area is 145 Å². The molecule has 0 amide bonds. The van der Waals surface area contributed by atoms with E-state index in [0.29, 0.717) is 23.4 Å². The fourth-order valence-electron chi connectivity index (χ4n) is 3.18. The van der Waals surface area contributed by atoms with Gasteiger partial charge in [0.15, 0.2) is 5.65 Å². The Bertz CT molecular complexity index is 1200. The van der Waals surface area contributed by atoms with E-state index < -0.39 is 10.0 Å². The number of fused-ring (bicyclic) bond motifs is 3. The molecule has 0 saturated heterocycles. The predicted molar refractivity (Wildman–Crippen MR) is 97.9 cm³/mol. The molecule has 3 heterocycles. The third-order valence-corrected chi connectivity index (χ3v) is 6.01. The van der Waals surface area contributed by atoms with Gasteiger partial charge in [-0.1, -0.05) is 25.1 Å². The molecule has 0 atom stereocenters. The molecule has 4 rings (SSSR count). The molecule has 0 aliphatic heterocycles. The number of anilines is 1. The Kier molecular flexibility index (Phi) is 3.47. The number of rotatable bonds is 3. The van der Waals surface area contributed by atoms with Gasteiger partial charge >= 0.3 is 0 Å². The van der Waals surface area contributed by atoms with E-state index in [1.54, 1.807) is 42.6 Å².